The molecule has 0 aromatic carbocycles. The van der Waals surface area contributed by atoms with Crippen LogP contribution < -0.4 is 5.32 Å². The van der Waals surface area contributed by atoms with Crippen LogP contribution in [-0.2, 0) is 19.1 Å². The summed E-state index contributed by atoms with van der Waals surface area (Å²) in [5, 5.41) is 2.65. The molecule has 1 saturated heterocycles. The predicted molar refractivity (Wildman–Crippen MR) is 53.2 cm³/mol. The number of ether oxygens (including phenoxy) is 2. The van der Waals surface area contributed by atoms with E-state index in [9.17, 15) is 9.59 Å². The van der Waals surface area contributed by atoms with Gasteiger partial charge in [0.15, 0.2) is 0 Å². The Labute approximate surface area is 89.1 Å². The van der Waals surface area contributed by atoms with E-state index in [-0.39, 0.29) is 24.4 Å². The van der Waals surface area contributed by atoms with Crippen LogP contribution in [0.4, 0.5) is 0 Å². The topological polar surface area (TPSA) is 64.6 Å². The lowest BCUT2D eigenvalue weighted by Crippen LogP contribution is -2.39. The van der Waals surface area contributed by atoms with E-state index in [0.717, 1.165) is 19.3 Å². The van der Waals surface area contributed by atoms with Gasteiger partial charge in [-0.3, -0.25) is 9.59 Å². The molecule has 5 heteroatoms. The highest BCUT2D eigenvalue weighted by Gasteiger charge is 2.21. The highest BCUT2D eigenvalue weighted by Crippen LogP contribution is 2.12. The lowest BCUT2D eigenvalue weighted by atomic mass is 10.1. The van der Waals surface area contributed by atoms with Gasteiger partial charge in [0.1, 0.15) is 6.10 Å². The van der Waals surface area contributed by atoms with Gasteiger partial charge in [-0.25, -0.2) is 0 Å². The molecule has 0 aliphatic carbocycles. The largest absolute Gasteiger partial charge is 0.469 e. The third-order valence-corrected chi connectivity index (χ3v) is 2.33. The molecule has 0 radical (unpaired) electrons. The van der Waals surface area contributed by atoms with Gasteiger partial charge in [-0.15, -0.1) is 0 Å². The quantitative estimate of drug-likeness (QED) is 0.682. The zero-order valence-corrected chi connectivity index (χ0v) is 8.95. The lowest BCUT2D eigenvalue weighted by Gasteiger charge is -2.21. The highest BCUT2D eigenvalue weighted by molar-refractivity contribution is 5.81. The fraction of sp³-hybridized carbons (Fsp3) is 0.800. The summed E-state index contributed by atoms with van der Waals surface area (Å²) in [6.45, 7) is 0.959. The molecular weight excluding hydrogens is 198 g/mol. The molecule has 1 rings (SSSR count). The molecule has 1 atom stereocenters. The minimum atomic E-state index is -0.337. The maximum absolute atomic E-state index is 11.5. The number of methoxy groups -OCH3 is 1. The zero-order chi connectivity index (χ0) is 11.1. The molecule has 0 aromatic heterocycles. The van der Waals surface area contributed by atoms with Gasteiger partial charge in [0.25, 0.3) is 0 Å². The van der Waals surface area contributed by atoms with Gasteiger partial charge in [-0.2, -0.15) is 0 Å². The second-order valence-electron chi connectivity index (χ2n) is 3.47. The van der Waals surface area contributed by atoms with Crippen molar-refractivity contribution in [2.24, 2.45) is 0 Å². The normalized spacial score (nSPS) is 20.7. The Kier molecular flexibility index (Phi) is 5.10. The van der Waals surface area contributed by atoms with Gasteiger partial charge >= 0.3 is 5.97 Å². The fourth-order valence-corrected chi connectivity index (χ4v) is 1.45. The average Bonchev–Trinajstić information content (AvgIpc) is 2.29. The molecule has 1 amide bonds. The molecule has 5 nitrogen and oxygen atoms in total. The minimum absolute atomic E-state index is 0.126. The molecule has 1 fully saturated rings. The van der Waals surface area contributed by atoms with Crippen LogP contribution in [0, 0.1) is 0 Å². The van der Waals surface area contributed by atoms with Crippen molar-refractivity contribution in [1.29, 1.82) is 0 Å². The van der Waals surface area contributed by atoms with E-state index in [1.807, 2.05) is 0 Å². The molecule has 1 aliphatic heterocycles. The van der Waals surface area contributed by atoms with E-state index >= 15 is 0 Å². The first kappa shape index (κ1) is 12.0. The van der Waals surface area contributed by atoms with E-state index in [0.29, 0.717) is 13.2 Å². The Bertz CT molecular complexity index is 223. The van der Waals surface area contributed by atoms with Crippen LogP contribution in [0.1, 0.15) is 25.7 Å². The molecule has 0 spiro atoms. The number of amides is 1. The van der Waals surface area contributed by atoms with Crippen molar-refractivity contribution in [2.75, 3.05) is 20.3 Å². The molecule has 15 heavy (non-hydrogen) atoms. The summed E-state index contributed by atoms with van der Waals surface area (Å²) in [5.74, 6) is -0.446. The maximum Gasteiger partial charge on any atom is 0.307 e. The molecular formula is C10H17NO4. The molecule has 1 heterocycles. The van der Waals surface area contributed by atoms with Gasteiger partial charge < -0.3 is 14.8 Å². The van der Waals surface area contributed by atoms with Gasteiger partial charge in [-0.05, 0) is 19.3 Å². The Morgan fingerprint density at radius 2 is 2.27 bits per heavy atom. The standard InChI is InChI=1S/C10H17NO4/c1-14-9(12)5-6-11-10(13)8-4-2-3-7-15-8/h8H,2-7H2,1H3,(H,11,13). The highest BCUT2D eigenvalue weighted by atomic mass is 16.5. The number of nitrogens with one attached hydrogen (secondary N) is 1. The minimum Gasteiger partial charge on any atom is -0.469 e. The third-order valence-electron chi connectivity index (χ3n) is 2.33. The summed E-state index contributed by atoms with van der Waals surface area (Å²) in [6, 6.07) is 0. The number of hydrogen-bond donors (Lipinski definition) is 1. The SMILES string of the molecule is COC(=O)CCNC(=O)C1CCCCO1. The summed E-state index contributed by atoms with van der Waals surface area (Å²) in [4.78, 5) is 22.2. The van der Waals surface area contributed by atoms with Gasteiger partial charge in [0, 0.05) is 13.2 Å². The Morgan fingerprint density at radius 3 is 2.87 bits per heavy atom. The monoisotopic (exact) mass is 215 g/mol. The van der Waals surface area contributed by atoms with Crippen molar-refractivity contribution in [3.63, 3.8) is 0 Å². The third kappa shape index (κ3) is 4.29. The molecule has 1 unspecified atom stereocenters. The molecule has 0 bridgehead atoms. The average molecular weight is 215 g/mol. The first-order valence-corrected chi connectivity index (χ1v) is 5.20. The summed E-state index contributed by atoms with van der Waals surface area (Å²) in [6.07, 6.45) is 2.68. The maximum atomic E-state index is 11.5. The summed E-state index contributed by atoms with van der Waals surface area (Å²) < 4.78 is 9.75. The van der Waals surface area contributed by atoms with Crippen molar-refractivity contribution in [2.45, 2.75) is 31.8 Å². The van der Waals surface area contributed by atoms with Gasteiger partial charge in [0.05, 0.1) is 13.5 Å². The second kappa shape index (κ2) is 6.40. The van der Waals surface area contributed by atoms with E-state index < -0.39 is 0 Å². The number of rotatable bonds is 4. The molecule has 1 N–H and O–H groups in total. The van der Waals surface area contributed by atoms with E-state index in [1.165, 1.54) is 7.11 Å². The lowest BCUT2D eigenvalue weighted by molar-refractivity contribution is -0.141. The summed E-state index contributed by atoms with van der Waals surface area (Å²) in [7, 11) is 1.33. The first-order chi connectivity index (χ1) is 7.24. The van der Waals surface area contributed by atoms with Crippen molar-refractivity contribution >= 4 is 11.9 Å². The molecule has 1 aliphatic rings. The zero-order valence-electron chi connectivity index (χ0n) is 8.95. The van der Waals surface area contributed by atoms with Crippen LogP contribution in [0.25, 0.3) is 0 Å². The number of carbonyl (C=O) groups excluding carboxylic acids is 2. The summed E-state index contributed by atoms with van der Waals surface area (Å²) >= 11 is 0. The number of esters is 1. The van der Waals surface area contributed by atoms with Crippen molar-refractivity contribution in [1.82, 2.24) is 5.32 Å². The second-order valence-corrected chi connectivity index (χ2v) is 3.47. The molecule has 86 valence electrons. The smallest absolute Gasteiger partial charge is 0.307 e. The van der Waals surface area contributed by atoms with E-state index in [1.54, 1.807) is 0 Å². The predicted octanol–water partition coefficient (Wildman–Crippen LogP) is 0.235. The van der Waals surface area contributed by atoms with Crippen LogP contribution in [-0.4, -0.2) is 38.2 Å². The van der Waals surface area contributed by atoms with Gasteiger partial charge in [-0.1, -0.05) is 0 Å². The first-order valence-electron chi connectivity index (χ1n) is 5.20. The van der Waals surface area contributed by atoms with Crippen LogP contribution in [0.3, 0.4) is 0 Å². The van der Waals surface area contributed by atoms with Crippen molar-refractivity contribution < 1.29 is 19.1 Å². The molecule has 0 aromatic rings. The van der Waals surface area contributed by atoms with Crippen LogP contribution in [0.15, 0.2) is 0 Å². The van der Waals surface area contributed by atoms with Crippen LogP contribution >= 0.6 is 0 Å². The Morgan fingerprint density at radius 1 is 1.47 bits per heavy atom. The number of hydrogen-bond acceptors (Lipinski definition) is 4. The van der Waals surface area contributed by atoms with E-state index in [2.05, 4.69) is 10.1 Å². The fourth-order valence-electron chi connectivity index (χ4n) is 1.45. The van der Waals surface area contributed by atoms with Crippen molar-refractivity contribution in [3.8, 4) is 0 Å². The van der Waals surface area contributed by atoms with Crippen LogP contribution in [0.2, 0.25) is 0 Å². The van der Waals surface area contributed by atoms with Gasteiger partial charge in [0.2, 0.25) is 5.91 Å². The Hall–Kier alpha value is -1.10. The Balaban J connectivity index is 2.14. The summed E-state index contributed by atoms with van der Waals surface area (Å²) in [5.41, 5.74) is 0. The van der Waals surface area contributed by atoms with Crippen LogP contribution in [0.5, 0.6) is 0 Å². The van der Waals surface area contributed by atoms with Crippen molar-refractivity contribution in [3.05, 3.63) is 0 Å². The molecule has 0 saturated carbocycles. The van der Waals surface area contributed by atoms with E-state index in [4.69, 9.17) is 4.74 Å². The number of carbonyl (C=O) groups is 2.